The molecule has 0 saturated carbocycles. The smallest absolute Gasteiger partial charge is 0.231 e. The topological polar surface area (TPSA) is 84.0 Å². The van der Waals surface area contributed by atoms with Crippen molar-refractivity contribution in [3.05, 3.63) is 53.3 Å². The molecule has 0 unspecified atom stereocenters. The van der Waals surface area contributed by atoms with E-state index in [0.29, 0.717) is 16.7 Å². The highest BCUT2D eigenvalue weighted by molar-refractivity contribution is 7.92. The summed E-state index contributed by atoms with van der Waals surface area (Å²) in [5.74, 6) is -0.334. The van der Waals surface area contributed by atoms with Crippen LogP contribution in [-0.2, 0) is 10.0 Å². The zero-order valence-electron chi connectivity index (χ0n) is 12.4. The van der Waals surface area contributed by atoms with Gasteiger partial charge in [-0.1, -0.05) is 23.7 Å². The normalized spacial score (nSPS) is 11.5. The lowest BCUT2D eigenvalue weighted by atomic mass is 10.3. The van der Waals surface area contributed by atoms with Crippen molar-refractivity contribution in [1.29, 1.82) is 0 Å². The summed E-state index contributed by atoms with van der Waals surface area (Å²) in [5, 5.41) is 2.84. The maximum absolute atomic E-state index is 13.3. The van der Waals surface area contributed by atoms with Crippen molar-refractivity contribution in [2.75, 3.05) is 16.3 Å². The summed E-state index contributed by atoms with van der Waals surface area (Å²) in [6.07, 6.45) is 1.02. The maximum atomic E-state index is 13.3. The molecule has 0 atom stereocenters. The van der Waals surface area contributed by atoms with Gasteiger partial charge in [0.25, 0.3) is 0 Å². The minimum absolute atomic E-state index is 0.0386. The molecule has 1 heterocycles. The van der Waals surface area contributed by atoms with Crippen LogP contribution in [0.3, 0.4) is 0 Å². The van der Waals surface area contributed by atoms with Gasteiger partial charge in [-0.3, -0.25) is 4.72 Å². The second kappa shape index (κ2) is 6.21. The molecular formula is C15H12ClFN4O2S. The molecule has 3 rings (SSSR count). The van der Waals surface area contributed by atoms with Crippen LogP contribution in [0.1, 0.15) is 0 Å². The number of aromatic nitrogens is 2. The molecule has 1 aromatic heterocycles. The Hall–Kier alpha value is -2.45. The first-order valence-corrected chi connectivity index (χ1v) is 9.05. The lowest BCUT2D eigenvalue weighted by molar-refractivity contribution is 0.606. The second-order valence-electron chi connectivity index (χ2n) is 5.04. The number of halogens is 2. The first-order valence-electron chi connectivity index (χ1n) is 6.78. The first-order chi connectivity index (χ1) is 11.3. The van der Waals surface area contributed by atoms with Crippen molar-refractivity contribution in [3.8, 4) is 0 Å². The number of anilines is 3. The Morgan fingerprint density at radius 3 is 2.25 bits per heavy atom. The van der Waals surface area contributed by atoms with Crippen molar-refractivity contribution < 1.29 is 12.8 Å². The van der Waals surface area contributed by atoms with E-state index in [0.717, 1.165) is 6.26 Å². The van der Waals surface area contributed by atoms with E-state index in [4.69, 9.17) is 11.6 Å². The molecule has 24 heavy (non-hydrogen) atoms. The molecule has 0 amide bonds. The molecule has 0 saturated heterocycles. The van der Waals surface area contributed by atoms with Gasteiger partial charge in [0.1, 0.15) is 5.82 Å². The molecule has 2 N–H and O–H groups in total. The van der Waals surface area contributed by atoms with Gasteiger partial charge in [-0.2, -0.15) is 0 Å². The summed E-state index contributed by atoms with van der Waals surface area (Å²) in [4.78, 5) is 8.64. The van der Waals surface area contributed by atoms with Crippen molar-refractivity contribution in [3.63, 3.8) is 0 Å². The van der Waals surface area contributed by atoms with E-state index in [-0.39, 0.29) is 16.7 Å². The fourth-order valence-corrected chi connectivity index (χ4v) is 2.72. The first kappa shape index (κ1) is 16.4. The molecule has 0 spiro atoms. The number of nitrogens with zero attached hydrogens (tertiary/aromatic N) is 2. The minimum Gasteiger partial charge on any atom is -0.337 e. The Balaban J connectivity index is 2.09. The standard InChI is InChI=1S/C15H12ClFN4O2S/c1-24(22,23)21-15-14(18-9-6-7-11(17)10(16)8-9)19-12-4-2-3-5-13(12)20-15/h2-8H,1H3,(H,18,19)(H,20,21). The van der Waals surface area contributed by atoms with E-state index in [2.05, 4.69) is 20.0 Å². The number of fused-ring (bicyclic) bond motifs is 1. The maximum Gasteiger partial charge on any atom is 0.231 e. The molecule has 0 radical (unpaired) electrons. The molecule has 0 fully saturated rings. The minimum atomic E-state index is -3.55. The van der Waals surface area contributed by atoms with Gasteiger partial charge in [0.2, 0.25) is 10.0 Å². The van der Waals surface area contributed by atoms with Crippen LogP contribution < -0.4 is 10.0 Å². The highest BCUT2D eigenvalue weighted by Gasteiger charge is 2.13. The molecule has 0 bridgehead atoms. The number of nitrogens with one attached hydrogen (secondary N) is 2. The fourth-order valence-electron chi connectivity index (χ4n) is 2.04. The summed E-state index contributed by atoms with van der Waals surface area (Å²) in [6, 6.07) is 11.1. The highest BCUT2D eigenvalue weighted by Crippen LogP contribution is 2.27. The third-order valence-electron chi connectivity index (χ3n) is 3.03. The zero-order valence-corrected chi connectivity index (χ0v) is 14.0. The molecule has 6 nitrogen and oxygen atoms in total. The average molecular weight is 367 g/mol. The third-order valence-corrected chi connectivity index (χ3v) is 3.89. The van der Waals surface area contributed by atoms with E-state index in [1.54, 1.807) is 24.3 Å². The summed E-state index contributed by atoms with van der Waals surface area (Å²) in [7, 11) is -3.55. The van der Waals surface area contributed by atoms with Crippen molar-refractivity contribution >= 4 is 50.0 Å². The van der Waals surface area contributed by atoms with E-state index >= 15 is 0 Å². The third kappa shape index (κ3) is 3.72. The van der Waals surface area contributed by atoms with E-state index < -0.39 is 15.8 Å². The van der Waals surface area contributed by atoms with Crippen LogP contribution in [0.5, 0.6) is 0 Å². The van der Waals surface area contributed by atoms with Crippen LogP contribution >= 0.6 is 11.6 Å². The SMILES string of the molecule is CS(=O)(=O)Nc1nc2ccccc2nc1Nc1ccc(F)c(Cl)c1. The lowest BCUT2D eigenvalue weighted by Crippen LogP contribution is -2.13. The van der Waals surface area contributed by atoms with Gasteiger partial charge in [-0.25, -0.2) is 22.8 Å². The van der Waals surface area contributed by atoms with Crippen LogP contribution in [-0.4, -0.2) is 24.6 Å². The Kier molecular flexibility index (Phi) is 4.25. The summed E-state index contributed by atoms with van der Waals surface area (Å²) in [6.45, 7) is 0. The van der Waals surface area contributed by atoms with Gasteiger partial charge in [0.15, 0.2) is 11.6 Å². The lowest BCUT2D eigenvalue weighted by Gasteiger charge is -2.12. The quantitative estimate of drug-likeness (QED) is 0.737. The van der Waals surface area contributed by atoms with Crippen molar-refractivity contribution in [2.45, 2.75) is 0 Å². The highest BCUT2D eigenvalue weighted by atomic mass is 35.5. The number of hydrogen-bond donors (Lipinski definition) is 2. The molecule has 0 aliphatic carbocycles. The summed E-state index contributed by atoms with van der Waals surface area (Å²) >= 11 is 5.76. The summed E-state index contributed by atoms with van der Waals surface area (Å²) in [5.41, 5.74) is 1.56. The predicted molar refractivity (Wildman–Crippen MR) is 92.7 cm³/mol. The van der Waals surface area contributed by atoms with Gasteiger partial charge in [-0.15, -0.1) is 0 Å². The number of para-hydroxylation sites is 2. The molecule has 2 aromatic carbocycles. The Morgan fingerprint density at radius 1 is 1.04 bits per heavy atom. The van der Waals surface area contributed by atoms with Crippen LogP contribution in [0, 0.1) is 5.82 Å². The Morgan fingerprint density at radius 2 is 1.67 bits per heavy atom. The summed E-state index contributed by atoms with van der Waals surface area (Å²) < 4.78 is 38.7. The zero-order chi connectivity index (χ0) is 17.3. The molecule has 124 valence electrons. The van der Waals surface area contributed by atoms with Crippen LogP contribution in [0.4, 0.5) is 21.7 Å². The number of sulfonamides is 1. The molecule has 9 heteroatoms. The predicted octanol–water partition coefficient (Wildman–Crippen LogP) is 3.54. The van der Waals surface area contributed by atoms with E-state index in [1.165, 1.54) is 18.2 Å². The van der Waals surface area contributed by atoms with E-state index in [9.17, 15) is 12.8 Å². The number of benzene rings is 2. The van der Waals surface area contributed by atoms with Crippen LogP contribution in [0.15, 0.2) is 42.5 Å². The molecule has 0 aliphatic heterocycles. The van der Waals surface area contributed by atoms with Crippen molar-refractivity contribution in [1.82, 2.24) is 9.97 Å². The number of hydrogen-bond acceptors (Lipinski definition) is 5. The Bertz CT molecular complexity index is 1030. The monoisotopic (exact) mass is 366 g/mol. The second-order valence-corrected chi connectivity index (χ2v) is 7.19. The van der Waals surface area contributed by atoms with Crippen LogP contribution in [0.25, 0.3) is 11.0 Å². The Labute approximate surface area is 142 Å². The van der Waals surface area contributed by atoms with Gasteiger partial charge >= 0.3 is 0 Å². The number of rotatable bonds is 4. The van der Waals surface area contributed by atoms with Crippen molar-refractivity contribution in [2.24, 2.45) is 0 Å². The van der Waals surface area contributed by atoms with Gasteiger partial charge in [0, 0.05) is 5.69 Å². The van der Waals surface area contributed by atoms with Gasteiger partial charge in [-0.05, 0) is 30.3 Å². The van der Waals surface area contributed by atoms with Gasteiger partial charge in [0.05, 0.1) is 22.3 Å². The fraction of sp³-hybridized carbons (Fsp3) is 0.0667. The molecule has 0 aliphatic rings. The largest absolute Gasteiger partial charge is 0.337 e. The van der Waals surface area contributed by atoms with Gasteiger partial charge < -0.3 is 5.32 Å². The van der Waals surface area contributed by atoms with E-state index in [1.807, 2.05) is 0 Å². The molecular weight excluding hydrogens is 355 g/mol. The molecule has 3 aromatic rings. The average Bonchev–Trinajstić information content (AvgIpc) is 2.50. The van der Waals surface area contributed by atoms with Crippen LogP contribution in [0.2, 0.25) is 5.02 Å².